The van der Waals surface area contributed by atoms with E-state index in [-0.39, 0.29) is 5.91 Å². The summed E-state index contributed by atoms with van der Waals surface area (Å²) in [5.74, 6) is -0.293. The average molecular weight is 431 g/mol. The number of fused-ring (bicyclic) bond motifs is 1. The second-order valence-electron chi connectivity index (χ2n) is 6.72. The molecule has 1 amide bonds. The van der Waals surface area contributed by atoms with Crippen LogP contribution < -0.4 is 10.3 Å². The first kappa shape index (κ1) is 20.6. The third-order valence-corrected chi connectivity index (χ3v) is 5.83. The van der Waals surface area contributed by atoms with Crippen LogP contribution in [-0.4, -0.2) is 40.2 Å². The Kier molecular flexibility index (Phi) is 6.28. The van der Waals surface area contributed by atoms with Crippen LogP contribution in [0.4, 0.5) is 5.13 Å². The summed E-state index contributed by atoms with van der Waals surface area (Å²) in [5, 5.41) is 5.87. The summed E-state index contributed by atoms with van der Waals surface area (Å²) in [7, 11) is 0. The summed E-state index contributed by atoms with van der Waals surface area (Å²) >= 11 is 1.54. The lowest BCUT2D eigenvalue weighted by molar-refractivity contribution is 0.0956. The highest BCUT2D eigenvalue weighted by Crippen LogP contribution is 2.25. The van der Waals surface area contributed by atoms with E-state index in [0.29, 0.717) is 11.3 Å². The molecule has 1 N–H and O–H groups in total. The first-order valence-electron chi connectivity index (χ1n) is 10.0. The zero-order valence-corrected chi connectivity index (χ0v) is 18.1. The quantitative estimate of drug-likeness (QED) is 0.348. The predicted octanol–water partition coefficient (Wildman–Crippen LogP) is 4.36. The lowest BCUT2D eigenvalue weighted by Crippen LogP contribution is -2.21. The van der Waals surface area contributed by atoms with Crippen molar-refractivity contribution < 1.29 is 4.79 Å². The van der Waals surface area contributed by atoms with E-state index in [1.54, 1.807) is 30.9 Å². The molecule has 0 fully saturated rings. The number of para-hydroxylation sites is 1. The molecule has 1 aromatic carbocycles. The molecule has 0 spiro atoms. The number of anilines is 1. The Morgan fingerprint density at radius 1 is 1.16 bits per heavy atom. The fourth-order valence-corrected chi connectivity index (χ4v) is 4.14. The Morgan fingerprint density at radius 2 is 1.94 bits per heavy atom. The SMILES string of the molecule is CCN(CC)c1ncc(/C=N/NC(=O)c2cc(-c3ccncc3)nc3ccccc23)s1. The van der Waals surface area contributed by atoms with E-state index in [1.807, 2.05) is 36.4 Å². The first-order valence-corrected chi connectivity index (χ1v) is 10.9. The molecular weight excluding hydrogens is 408 g/mol. The zero-order valence-electron chi connectivity index (χ0n) is 17.3. The molecule has 3 heterocycles. The largest absolute Gasteiger partial charge is 0.349 e. The van der Waals surface area contributed by atoms with Crippen LogP contribution in [-0.2, 0) is 0 Å². The van der Waals surface area contributed by atoms with E-state index in [9.17, 15) is 4.79 Å². The number of hydrogen-bond donors (Lipinski definition) is 1. The van der Waals surface area contributed by atoms with Crippen LogP contribution in [0.5, 0.6) is 0 Å². The number of benzene rings is 1. The molecule has 0 aliphatic heterocycles. The van der Waals surface area contributed by atoms with Gasteiger partial charge in [-0.25, -0.2) is 15.4 Å². The maximum Gasteiger partial charge on any atom is 0.272 e. The molecule has 0 saturated heterocycles. The number of thiazole rings is 1. The van der Waals surface area contributed by atoms with Crippen molar-refractivity contribution in [1.29, 1.82) is 0 Å². The van der Waals surface area contributed by atoms with E-state index in [2.05, 4.69) is 39.2 Å². The van der Waals surface area contributed by atoms with Gasteiger partial charge in [-0.05, 0) is 38.1 Å². The summed E-state index contributed by atoms with van der Waals surface area (Å²) in [6.45, 7) is 5.98. The van der Waals surface area contributed by atoms with E-state index in [1.165, 1.54) is 11.3 Å². The highest BCUT2D eigenvalue weighted by molar-refractivity contribution is 7.17. The first-order chi connectivity index (χ1) is 15.2. The summed E-state index contributed by atoms with van der Waals surface area (Å²) in [6.07, 6.45) is 6.79. The van der Waals surface area contributed by atoms with Crippen LogP contribution in [0.15, 0.2) is 66.2 Å². The summed E-state index contributed by atoms with van der Waals surface area (Å²) in [4.78, 5) is 29.2. The normalized spacial score (nSPS) is 11.2. The number of nitrogens with zero attached hydrogens (tertiary/aromatic N) is 5. The number of carbonyl (C=O) groups is 1. The lowest BCUT2D eigenvalue weighted by Gasteiger charge is -2.16. The van der Waals surface area contributed by atoms with Crippen molar-refractivity contribution in [2.45, 2.75) is 13.8 Å². The van der Waals surface area contributed by atoms with Gasteiger partial charge in [0.1, 0.15) is 0 Å². The minimum Gasteiger partial charge on any atom is -0.349 e. The molecule has 7 nitrogen and oxygen atoms in total. The minimum atomic E-state index is -0.293. The number of amides is 1. The van der Waals surface area contributed by atoms with E-state index in [0.717, 1.165) is 39.6 Å². The maximum atomic E-state index is 13.0. The predicted molar refractivity (Wildman–Crippen MR) is 126 cm³/mol. The van der Waals surface area contributed by atoms with Gasteiger partial charge in [0, 0.05) is 42.6 Å². The van der Waals surface area contributed by atoms with E-state index >= 15 is 0 Å². The molecule has 0 atom stereocenters. The molecule has 8 heteroatoms. The van der Waals surface area contributed by atoms with Crippen molar-refractivity contribution in [2.75, 3.05) is 18.0 Å². The third-order valence-electron chi connectivity index (χ3n) is 4.84. The van der Waals surface area contributed by atoms with Gasteiger partial charge in [0.2, 0.25) is 0 Å². The van der Waals surface area contributed by atoms with Crippen molar-refractivity contribution in [3.63, 3.8) is 0 Å². The standard InChI is InChI=1S/C23H22N6OS/c1-3-29(4-2)23-25-14-17(31-23)15-26-28-22(30)19-13-21(16-9-11-24-12-10-16)27-20-8-6-5-7-18(19)20/h5-15H,3-4H2,1-2H3,(H,28,30)/b26-15+. The maximum absolute atomic E-state index is 13.0. The van der Waals surface area contributed by atoms with E-state index < -0.39 is 0 Å². The monoisotopic (exact) mass is 430 g/mol. The molecule has 0 radical (unpaired) electrons. The Morgan fingerprint density at radius 3 is 2.71 bits per heavy atom. The molecule has 31 heavy (non-hydrogen) atoms. The Hall–Kier alpha value is -3.65. The van der Waals surface area contributed by atoms with Crippen molar-refractivity contribution in [2.24, 2.45) is 5.10 Å². The summed E-state index contributed by atoms with van der Waals surface area (Å²) in [6, 6.07) is 13.1. The molecule has 4 aromatic rings. The van der Waals surface area contributed by atoms with Crippen LogP contribution >= 0.6 is 11.3 Å². The average Bonchev–Trinajstić information content (AvgIpc) is 3.28. The van der Waals surface area contributed by atoms with Crippen LogP contribution in [0.1, 0.15) is 29.1 Å². The van der Waals surface area contributed by atoms with Gasteiger partial charge < -0.3 is 4.90 Å². The van der Waals surface area contributed by atoms with E-state index in [4.69, 9.17) is 4.98 Å². The second-order valence-corrected chi connectivity index (χ2v) is 7.77. The van der Waals surface area contributed by atoms with Crippen LogP contribution in [0, 0.1) is 0 Å². The highest BCUT2D eigenvalue weighted by atomic mass is 32.1. The molecule has 3 aromatic heterocycles. The van der Waals surface area contributed by atoms with Gasteiger partial charge in [-0.1, -0.05) is 29.5 Å². The minimum absolute atomic E-state index is 0.293. The van der Waals surface area contributed by atoms with Crippen molar-refractivity contribution in [3.05, 3.63) is 71.5 Å². The van der Waals surface area contributed by atoms with Crippen molar-refractivity contribution in [1.82, 2.24) is 20.4 Å². The topological polar surface area (TPSA) is 83.4 Å². The highest BCUT2D eigenvalue weighted by Gasteiger charge is 2.13. The van der Waals surface area contributed by atoms with Crippen molar-refractivity contribution >= 4 is 39.5 Å². The van der Waals surface area contributed by atoms with Gasteiger partial charge in [-0.3, -0.25) is 9.78 Å². The Balaban J connectivity index is 1.58. The lowest BCUT2D eigenvalue weighted by atomic mass is 10.0. The number of rotatable bonds is 7. The molecular formula is C23H22N6OS. The number of carbonyl (C=O) groups excluding carboxylic acids is 1. The van der Waals surface area contributed by atoms with Gasteiger partial charge in [-0.2, -0.15) is 5.10 Å². The fraction of sp³-hybridized carbons (Fsp3) is 0.174. The number of hydrazone groups is 1. The molecule has 0 bridgehead atoms. The van der Waals surface area contributed by atoms with Gasteiger partial charge in [-0.15, -0.1) is 0 Å². The van der Waals surface area contributed by atoms with Crippen molar-refractivity contribution in [3.8, 4) is 11.3 Å². The number of pyridine rings is 2. The fourth-order valence-electron chi connectivity index (χ4n) is 3.23. The third kappa shape index (κ3) is 4.59. The van der Waals surface area contributed by atoms with Gasteiger partial charge in [0.15, 0.2) is 5.13 Å². The van der Waals surface area contributed by atoms with Crippen LogP contribution in [0.25, 0.3) is 22.2 Å². The van der Waals surface area contributed by atoms with Gasteiger partial charge in [0.05, 0.1) is 27.9 Å². The van der Waals surface area contributed by atoms with Gasteiger partial charge >= 0.3 is 0 Å². The number of hydrogen-bond acceptors (Lipinski definition) is 7. The Labute approximate surface area is 184 Å². The van der Waals surface area contributed by atoms with Crippen LogP contribution in [0.3, 0.4) is 0 Å². The zero-order chi connectivity index (χ0) is 21.6. The summed E-state index contributed by atoms with van der Waals surface area (Å²) < 4.78 is 0. The molecule has 0 aliphatic carbocycles. The molecule has 0 saturated carbocycles. The molecule has 4 rings (SSSR count). The van der Waals surface area contributed by atoms with Crippen LogP contribution in [0.2, 0.25) is 0 Å². The Bertz CT molecular complexity index is 1220. The molecule has 0 aliphatic rings. The number of nitrogens with one attached hydrogen (secondary N) is 1. The number of aromatic nitrogens is 3. The summed E-state index contributed by atoms with van der Waals surface area (Å²) in [5.41, 5.74) is 5.51. The molecule has 156 valence electrons. The second kappa shape index (κ2) is 9.44. The van der Waals surface area contributed by atoms with Gasteiger partial charge in [0.25, 0.3) is 5.91 Å². The smallest absolute Gasteiger partial charge is 0.272 e. The molecule has 0 unspecified atom stereocenters.